The Morgan fingerprint density at radius 2 is 1.89 bits per heavy atom. The van der Waals surface area contributed by atoms with Crippen LogP contribution in [0.3, 0.4) is 0 Å². The van der Waals surface area contributed by atoms with Crippen molar-refractivity contribution >= 4 is 18.3 Å². The van der Waals surface area contributed by atoms with Crippen LogP contribution in [0.2, 0.25) is 0 Å². The molecular formula is C14H27ClN2O. The van der Waals surface area contributed by atoms with E-state index in [0.717, 1.165) is 31.8 Å². The summed E-state index contributed by atoms with van der Waals surface area (Å²) >= 11 is 0. The second kappa shape index (κ2) is 7.34. The van der Waals surface area contributed by atoms with Gasteiger partial charge in [0.2, 0.25) is 5.91 Å². The Labute approximate surface area is 117 Å². The van der Waals surface area contributed by atoms with Crippen LogP contribution in [0.15, 0.2) is 0 Å². The highest BCUT2D eigenvalue weighted by Gasteiger charge is 2.29. The van der Waals surface area contributed by atoms with E-state index >= 15 is 0 Å². The Kier molecular flexibility index (Phi) is 6.44. The summed E-state index contributed by atoms with van der Waals surface area (Å²) in [6.07, 6.45) is 6.71. The molecule has 18 heavy (non-hydrogen) atoms. The van der Waals surface area contributed by atoms with Gasteiger partial charge in [-0.1, -0.05) is 0 Å². The topological polar surface area (TPSA) is 32.3 Å². The second-order valence-corrected chi connectivity index (χ2v) is 5.83. The predicted octanol–water partition coefficient (Wildman–Crippen LogP) is 2.59. The lowest BCUT2D eigenvalue weighted by atomic mass is 9.95. The first-order valence-electron chi connectivity index (χ1n) is 7.20. The lowest BCUT2D eigenvalue weighted by molar-refractivity contribution is -0.137. The maximum Gasteiger partial charge on any atom is 0.223 e. The molecule has 1 N–H and O–H groups in total. The summed E-state index contributed by atoms with van der Waals surface area (Å²) in [5.74, 6) is 1.12. The van der Waals surface area contributed by atoms with Crippen LogP contribution in [0.4, 0.5) is 0 Å². The lowest BCUT2D eigenvalue weighted by Crippen LogP contribution is -2.47. The number of piperidine rings is 1. The SMILES string of the molecule is CC1CCCC(C)N1C(=O)CCC1CCNC1.Cl. The summed E-state index contributed by atoms with van der Waals surface area (Å²) in [4.78, 5) is 14.4. The van der Waals surface area contributed by atoms with Crippen LogP contribution in [0, 0.1) is 5.92 Å². The standard InChI is InChI=1S/C14H26N2O.ClH/c1-11-4-3-5-12(2)16(11)14(17)7-6-13-8-9-15-10-13;/h11-13,15H,3-10H2,1-2H3;1H. The fourth-order valence-corrected chi connectivity index (χ4v) is 3.33. The van der Waals surface area contributed by atoms with Crippen molar-refractivity contribution in [3.63, 3.8) is 0 Å². The van der Waals surface area contributed by atoms with Crippen LogP contribution in [-0.4, -0.2) is 36.0 Å². The minimum absolute atomic E-state index is 0. The Hall–Kier alpha value is -0.280. The molecule has 0 radical (unpaired) electrons. The fraction of sp³-hybridized carbons (Fsp3) is 0.929. The Morgan fingerprint density at radius 3 is 2.44 bits per heavy atom. The molecule has 0 bridgehead atoms. The molecule has 3 atom stereocenters. The van der Waals surface area contributed by atoms with Gasteiger partial charge in [-0.25, -0.2) is 0 Å². The van der Waals surface area contributed by atoms with Gasteiger partial charge in [-0.3, -0.25) is 4.79 Å². The number of amides is 1. The molecule has 3 unspecified atom stereocenters. The Bertz CT molecular complexity index is 257. The first kappa shape index (κ1) is 15.8. The lowest BCUT2D eigenvalue weighted by Gasteiger charge is -2.39. The van der Waals surface area contributed by atoms with Gasteiger partial charge in [0.15, 0.2) is 0 Å². The van der Waals surface area contributed by atoms with Gasteiger partial charge in [-0.2, -0.15) is 0 Å². The molecule has 0 aromatic carbocycles. The molecule has 2 rings (SSSR count). The Balaban J connectivity index is 0.00000162. The van der Waals surface area contributed by atoms with Gasteiger partial charge >= 0.3 is 0 Å². The van der Waals surface area contributed by atoms with Gasteiger partial charge in [-0.05, 0) is 65.0 Å². The number of carbonyl (C=O) groups excluding carboxylic acids is 1. The van der Waals surface area contributed by atoms with Crippen LogP contribution in [0.1, 0.15) is 52.4 Å². The molecule has 2 fully saturated rings. The number of nitrogens with zero attached hydrogens (tertiary/aromatic N) is 1. The molecule has 4 heteroatoms. The third-order valence-electron chi connectivity index (χ3n) is 4.41. The summed E-state index contributed by atoms with van der Waals surface area (Å²) in [6.45, 7) is 6.64. The Morgan fingerprint density at radius 1 is 1.22 bits per heavy atom. The van der Waals surface area contributed by atoms with Gasteiger partial charge < -0.3 is 10.2 Å². The zero-order valence-corrected chi connectivity index (χ0v) is 12.5. The zero-order chi connectivity index (χ0) is 12.3. The number of likely N-dealkylation sites (tertiary alicyclic amines) is 1. The van der Waals surface area contributed by atoms with E-state index in [1.54, 1.807) is 0 Å². The van der Waals surface area contributed by atoms with Crippen molar-refractivity contribution in [3.8, 4) is 0 Å². The number of nitrogens with one attached hydrogen (secondary N) is 1. The molecule has 0 spiro atoms. The predicted molar refractivity (Wildman–Crippen MR) is 77.1 cm³/mol. The number of carbonyl (C=O) groups is 1. The van der Waals surface area contributed by atoms with E-state index in [1.165, 1.54) is 25.7 Å². The normalized spacial score (nSPS) is 32.1. The maximum absolute atomic E-state index is 12.3. The fourth-order valence-electron chi connectivity index (χ4n) is 3.33. The third kappa shape index (κ3) is 3.86. The van der Waals surface area contributed by atoms with E-state index in [0.29, 0.717) is 18.0 Å². The molecule has 2 saturated heterocycles. The number of hydrogen-bond donors (Lipinski definition) is 1. The maximum atomic E-state index is 12.3. The zero-order valence-electron chi connectivity index (χ0n) is 11.7. The molecule has 0 aliphatic carbocycles. The van der Waals surface area contributed by atoms with Crippen LogP contribution in [0.25, 0.3) is 0 Å². The molecule has 106 valence electrons. The van der Waals surface area contributed by atoms with Crippen molar-refractivity contribution in [2.24, 2.45) is 5.92 Å². The van der Waals surface area contributed by atoms with Crippen LogP contribution in [-0.2, 0) is 4.79 Å². The highest BCUT2D eigenvalue weighted by Crippen LogP contribution is 2.24. The highest BCUT2D eigenvalue weighted by molar-refractivity contribution is 5.85. The van der Waals surface area contributed by atoms with E-state index in [2.05, 4.69) is 24.1 Å². The first-order valence-corrected chi connectivity index (χ1v) is 7.20. The minimum atomic E-state index is 0. The van der Waals surface area contributed by atoms with Crippen molar-refractivity contribution < 1.29 is 4.79 Å². The van der Waals surface area contributed by atoms with Crippen molar-refractivity contribution in [1.29, 1.82) is 0 Å². The average molecular weight is 275 g/mol. The molecule has 0 aromatic heterocycles. The second-order valence-electron chi connectivity index (χ2n) is 5.83. The summed E-state index contributed by atoms with van der Waals surface area (Å²) in [7, 11) is 0. The van der Waals surface area contributed by atoms with Gasteiger partial charge in [0.05, 0.1) is 0 Å². The average Bonchev–Trinajstić information content (AvgIpc) is 2.79. The van der Waals surface area contributed by atoms with E-state index in [4.69, 9.17) is 0 Å². The van der Waals surface area contributed by atoms with E-state index in [-0.39, 0.29) is 12.4 Å². The molecular weight excluding hydrogens is 248 g/mol. The number of rotatable bonds is 3. The van der Waals surface area contributed by atoms with Crippen LogP contribution in [0.5, 0.6) is 0 Å². The minimum Gasteiger partial charge on any atom is -0.337 e. The van der Waals surface area contributed by atoms with Crippen LogP contribution < -0.4 is 5.32 Å². The van der Waals surface area contributed by atoms with Crippen molar-refractivity contribution in [3.05, 3.63) is 0 Å². The summed E-state index contributed by atoms with van der Waals surface area (Å²) in [5, 5.41) is 3.37. The molecule has 2 heterocycles. The monoisotopic (exact) mass is 274 g/mol. The molecule has 2 aliphatic rings. The quantitative estimate of drug-likeness (QED) is 0.858. The summed E-state index contributed by atoms with van der Waals surface area (Å²) in [6, 6.07) is 0.904. The first-order chi connectivity index (χ1) is 8.18. The van der Waals surface area contributed by atoms with Gasteiger partial charge in [0.25, 0.3) is 0 Å². The van der Waals surface area contributed by atoms with Crippen molar-refractivity contribution in [2.75, 3.05) is 13.1 Å². The number of hydrogen-bond acceptors (Lipinski definition) is 2. The molecule has 2 aliphatic heterocycles. The van der Waals surface area contributed by atoms with Gasteiger partial charge in [0, 0.05) is 18.5 Å². The van der Waals surface area contributed by atoms with Crippen LogP contribution >= 0.6 is 12.4 Å². The summed E-state index contributed by atoms with van der Waals surface area (Å²) in [5.41, 5.74) is 0. The third-order valence-corrected chi connectivity index (χ3v) is 4.41. The van der Waals surface area contributed by atoms with Gasteiger partial charge in [0.1, 0.15) is 0 Å². The van der Waals surface area contributed by atoms with E-state index in [1.807, 2.05) is 0 Å². The molecule has 0 saturated carbocycles. The van der Waals surface area contributed by atoms with E-state index in [9.17, 15) is 4.79 Å². The van der Waals surface area contributed by atoms with E-state index < -0.39 is 0 Å². The molecule has 3 nitrogen and oxygen atoms in total. The van der Waals surface area contributed by atoms with Gasteiger partial charge in [-0.15, -0.1) is 12.4 Å². The highest BCUT2D eigenvalue weighted by atomic mass is 35.5. The van der Waals surface area contributed by atoms with Crippen molar-refractivity contribution in [1.82, 2.24) is 10.2 Å². The molecule has 0 aromatic rings. The summed E-state index contributed by atoms with van der Waals surface area (Å²) < 4.78 is 0. The number of halogens is 1. The van der Waals surface area contributed by atoms with Crippen molar-refractivity contribution in [2.45, 2.75) is 64.5 Å². The largest absolute Gasteiger partial charge is 0.337 e. The smallest absolute Gasteiger partial charge is 0.223 e. The molecule has 1 amide bonds.